The molecule has 1 aromatic rings. The van der Waals surface area contributed by atoms with Crippen molar-refractivity contribution in [3.63, 3.8) is 0 Å². The van der Waals surface area contributed by atoms with Crippen LogP contribution in [0.4, 0.5) is 0 Å². The number of benzene rings is 1. The van der Waals surface area contributed by atoms with E-state index in [1.165, 1.54) is 17.1 Å². The molecule has 150 valence electrons. The highest BCUT2D eigenvalue weighted by molar-refractivity contribution is 7.99. The van der Waals surface area contributed by atoms with Gasteiger partial charge in [-0.25, -0.2) is 0 Å². The zero-order valence-corrected chi connectivity index (χ0v) is 17.3. The van der Waals surface area contributed by atoms with E-state index in [1.807, 2.05) is 18.8 Å². The van der Waals surface area contributed by atoms with Gasteiger partial charge in [0.2, 0.25) is 0 Å². The Labute approximate surface area is 167 Å². The summed E-state index contributed by atoms with van der Waals surface area (Å²) in [5, 5.41) is 3.50. The number of ether oxygens (including phenoxy) is 2. The smallest absolute Gasteiger partial charge is 0.193 e. The molecule has 0 spiro atoms. The summed E-state index contributed by atoms with van der Waals surface area (Å²) in [7, 11) is 1.88. The summed E-state index contributed by atoms with van der Waals surface area (Å²) in [6.07, 6.45) is 3.39. The number of rotatable bonds is 9. The SMILES string of the molecule is CN=C(NCCCOCC1CCOC1)N1CCC(CSc2ccccc2)C1. The van der Waals surface area contributed by atoms with E-state index in [0.29, 0.717) is 5.92 Å². The maximum atomic E-state index is 5.77. The molecule has 0 radical (unpaired) electrons. The van der Waals surface area contributed by atoms with Gasteiger partial charge >= 0.3 is 0 Å². The maximum Gasteiger partial charge on any atom is 0.193 e. The van der Waals surface area contributed by atoms with E-state index in [-0.39, 0.29) is 0 Å². The van der Waals surface area contributed by atoms with Crippen LogP contribution in [0.25, 0.3) is 0 Å². The standard InChI is InChI=1S/C21H33N3O2S/c1-22-21(23-10-5-12-25-15-19-9-13-26-16-19)24-11-8-18(14-24)17-27-20-6-3-2-4-7-20/h2-4,6-7,18-19H,5,8-17H2,1H3,(H,22,23). The van der Waals surface area contributed by atoms with Gasteiger partial charge in [0.1, 0.15) is 0 Å². The van der Waals surface area contributed by atoms with E-state index in [0.717, 1.165) is 70.8 Å². The maximum absolute atomic E-state index is 5.77. The zero-order chi connectivity index (χ0) is 18.7. The molecule has 0 amide bonds. The summed E-state index contributed by atoms with van der Waals surface area (Å²) in [6.45, 7) is 6.50. The lowest BCUT2D eigenvalue weighted by Gasteiger charge is -2.21. The lowest BCUT2D eigenvalue weighted by atomic mass is 10.1. The number of thioether (sulfide) groups is 1. The van der Waals surface area contributed by atoms with Crippen LogP contribution in [-0.2, 0) is 9.47 Å². The summed E-state index contributed by atoms with van der Waals surface area (Å²) >= 11 is 1.96. The molecular formula is C21H33N3O2S. The van der Waals surface area contributed by atoms with Crippen LogP contribution in [0.5, 0.6) is 0 Å². The molecule has 6 heteroatoms. The van der Waals surface area contributed by atoms with Crippen LogP contribution >= 0.6 is 11.8 Å². The average Bonchev–Trinajstić information content (AvgIpc) is 3.39. The first-order valence-electron chi connectivity index (χ1n) is 10.1. The Kier molecular flexibility index (Phi) is 8.78. The molecule has 27 heavy (non-hydrogen) atoms. The van der Waals surface area contributed by atoms with Crippen molar-refractivity contribution in [1.82, 2.24) is 10.2 Å². The molecular weight excluding hydrogens is 358 g/mol. The molecule has 0 aromatic heterocycles. The van der Waals surface area contributed by atoms with Gasteiger partial charge in [-0.3, -0.25) is 4.99 Å². The monoisotopic (exact) mass is 391 g/mol. The molecule has 3 rings (SSSR count). The molecule has 2 unspecified atom stereocenters. The number of guanidine groups is 1. The molecule has 2 saturated heterocycles. The van der Waals surface area contributed by atoms with Crippen LogP contribution in [0.1, 0.15) is 19.3 Å². The van der Waals surface area contributed by atoms with E-state index in [1.54, 1.807) is 0 Å². The quantitative estimate of drug-likeness (QED) is 0.303. The predicted octanol–water partition coefficient (Wildman–Crippen LogP) is 3.12. The van der Waals surface area contributed by atoms with Gasteiger partial charge in [-0.05, 0) is 37.3 Å². The number of hydrogen-bond acceptors (Lipinski definition) is 4. The molecule has 2 heterocycles. The number of hydrogen-bond donors (Lipinski definition) is 1. The van der Waals surface area contributed by atoms with Crippen LogP contribution in [0.2, 0.25) is 0 Å². The average molecular weight is 392 g/mol. The van der Waals surface area contributed by atoms with Crippen molar-refractivity contribution >= 4 is 17.7 Å². The van der Waals surface area contributed by atoms with E-state index in [9.17, 15) is 0 Å². The normalized spacial score (nSPS) is 23.1. The van der Waals surface area contributed by atoms with Gasteiger partial charge < -0.3 is 19.7 Å². The largest absolute Gasteiger partial charge is 0.381 e. The third-order valence-electron chi connectivity index (χ3n) is 5.15. The van der Waals surface area contributed by atoms with Crippen LogP contribution in [-0.4, -0.2) is 69.7 Å². The van der Waals surface area contributed by atoms with Gasteiger partial charge in [0.25, 0.3) is 0 Å². The molecule has 2 aliphatic heterocycles. The Bertz CT molecular complexity index is 564. The van der Waals surface area contributed by atoms with Gasteiger partial charge in [0.05, 0.1) is 13.2 Å². The summed E-state index contributed by atoms with van der Waals surface area (Å²) in [6, 6.07) is 10.7. The number of likely N-dealkylation sites (tertiary alicyclic amines) is 1. The Morgan fingerprint density at radius 2 is 2.19 bits per heavy atom. The molecule has 2 fully saturated rings. The lowest BCUT2D eigenvalue weighted by Crippen LogP contribution is -2.40. The van der Waals surface area contributed by atoms with Crippen LogP contribution in [0, 0.1) is 11.8 Å². The minimum Gasteiger partial charge on any atom is -0.381 e. The van der Waals surface area contributed by atoms with Crippen molar-refractivity contribution in [3.05, 3.63) is 30.3 Å². The first kappa shape index (κ1) is 20.5. The van der Waals surface area contributed by atoms with Gasteiger partial charge in [0, 0.05) is 56.5 Å². The molecule has 0 aliphatic carbocycles. The highest BCUT2D eigenvalue weighted by Crippen LogP contribution is 2.25. The molecule has 2 atom stereocenters. The Morgan fingerprint density at radius 3 is 2.96 bits per heavy atom. The van der Waals surface area contributed by atoms with E-state index in [4.69, 9.17) is 9.47 Å². The van der Waals surface area contributed by atoms with Gasteiger partial charge in [-0.1, -0.05) is 18.2 Å². The van der Waals surface area contributed by atoms with Crippen LogP contribution in [0.3, 0.4) is 0 Å². The molecule has 1 N–H and O–H groups in total. The molecule has 2 aliphatic rings. The number of nitrogens with zero attached hydrogens (tertiary/aromatic N) is 2. The van der Waals surface area contributed by atoms with Crippen molar-refractivity contribution in [2.24, 2.45) is 16.8 Å². The number of nitrogens with one attached hydrogen (secondary N) is 1. The second kappa shape index (κ2) is 11.6. The summed E-state index contributed by atoms with van der Waals surface area (Å²) in [4.78, 5) is 8.23. The molecule has 0 saturated carbocycles. The summed E-state index contributed by atoms with van der Waals surface area (Å²) in [5.41, 5.74) is 0. The fraction of sp³-hybridized carbons (Fsp3) is 0.667. The molecule has 1 aromatic carbocycles. The van der Waals surface area contributed by atoms with Crippen LogP contribution < -0.4 is 5.32 Å². The fourth-order valence-corrected chi connectivity index (χ4v) is 4.61. The Hall–Kier alpha value is -1.24. The van der Waals surface area contributed by atoms with Crippen molar-refractivity contribution in [1.29, 1.82) is 0 Å². The lowest BCUT2D eigenvalue weighted by molar-refractivity contribution is 0.0887. The summed E-state index contributed by atoms with van der Waals surface area (Å²) in [5.74, 6) is 3.54. The fourth-order valence-electron chi connectivity index (χ4n) is 3.56. The van der Waals surface area contributed by atoms with E-state index < -0.39 is 0 Å². The Balaban J connectivity index is 1.27. The highest BCUT2D eigenvalue weighted by Gasteiger charge is 2.24. The van der Waals surface area contributed by atoms with Gasteiger partial charge in [-0.2, -0.15) is 0 Å². The Morgan fingerprint density at radius 1 is 1.30 bits per heavy atom. The van der Waals surface area contributed by atoms with Crippen molar-refractivity contribution in [2.75, 3.05) is 58.9 Å². The van der Waals surface area contributed by atoms with Gasteiger partial charge in [0.15, 0.2) is 5.96 Å². The minimum atomic E-state index is 0.598. The molecule has 5 nitrogen and oxygen atoms in total. The topological polar surface area (TPSA) is 46.1 Å². The summed E-state index contributed by atoms with van der Waals surface area (Å²) < 4.78 is 11.1. The van der Waals surface area contributed by atoms with Crippen LogP contribution in [0.15, 0.2) is 40.2 Å². The van der Waals surface area contributed by atoms with Crippen molar-refractivity contribution in [2.45, 2.75) is 24.2 Å². The third-order valence-corrected chi connectivity index (χ3v) is 6.40. The predicted molar refractivity (Wildman–Crippen MR) is 113 cm³/mol. The minimum absolute atomic E-state index is 0.598. The second-order valence-electron chi connectivity index (χ2n) is 7.36. The number of aliphatic imine (C=N–C) groups is 1. The van der Waals surface area contributed by atoms with Crippen molar-refractivity contribution in [3.8, 4) is 0 Å². The first-order chi connectivity index (χ1) is 13.3. The molecule has 0 bridgehead atoms. The van der Waals surface area contributed by atoms with Crippen molar-refractivity contribution < 1.29 is 9.47 Å². The van der Waals surface area contributed by atoms with E-state index in [2.05, 4.69) is 45.5 Å². The highest BCUT2D eigenvalue weighted by atomic mass is 32.2. The third kappa shape index (κ3) is 7.01. The van der Waals surface area contributed by atoms with E-state index >= 15 is 0 Å². The zero-order valence-electron chi connectivity index (χ0n) is 16.4. The van der Waals surface area contributed by atoms with Gasteiger partial charge in [-0.15, -0.1) is 11.8 Å². The first-order valence-corrected chi connectivity index (χ1v) is 11.1. The second-order valence-corrected chi connectivity index (χ2v) is 8.45.